The van der Waals surface area contributed by atoms with Crippen molar-refractivity contribution < 1.29 is 14.4 Å². The zero-order valence-corrected chi connectivity index (χ0v) is 10.6. The van der Waals surface area contributed by atoms with Gasteiger partial charge in [0.2, 0.25) is 11.8 Å². The van der Waals surface area contributed by atoms with Crippen LogP contribution in [0.15, 0.2) is 30.3 Å². The molecule has 3 amide bonds. The molecule has 0 fully saturated rings. The van der Waals surface area contributed by atoms with Crippen LogP contribution in [0.3, 0.4) is 0 Å². The quantitative estimate of drug-likeness (QED) is 0.659. The third kappa shape index (κ3) is 5.67. The average molecular weight is 262 g/mol. The Morgan fingerprint density at radius 2 is 1.84 bits per heavy atom. The molecular weight excluding hydrogens is 246 g/mol. The highest BCUT2D eigenvalue weighted by Crippen LogP contribution is 2.04. The van der Waals surface area contributed by atoms with Crippen LogP contribution in [-0.2, 0) is 9.59 Å². The lowest BCUT2D eigenvalue weighted by molar-refractivity contribution is -0.120. The monoisotopic (exact) mass is 262 g/mol. The molecule has 19 heavy (non-hydrogen) atoms. The minimum atomic E-state index is -0.488. The van der Waals surface area contributed by atoms with E-state index in [1.165, 1.54) is 6.42 Å². The van der Waals surface area contributed by atoms with Gasteiger partial charge in [-0.3, -0.25) is 25.2 Å². The molecule has 1 aromatic rings. The normalized spacial score (nSPS) is 11.4. The second-order valence-corrected chi connectivity index (χ2v) is 4.12. The van der Waals surface area contributed by atoms with Crippen molar-refractivity contribution >= 4 is 17.7 Å². The molecule has 0 spiro atoms. The minimum absolute atomic E-state index is 0.0834. The smallest absolute Gasteiger partial charge is 0.269 e. The first kappa shape index (κ1) is 14.7. The molecule has 0 saturated carbocycles. The standard InChI is InChI=1S/C13H16N3O3/c1-9(7-11(14)17)8-12(18)15-16-13(19)10-5-3-2-4-6-10/h2-6,8-9H,7H2,1H3,(H2,14,17)(H,15,18)(H,16,19)/t9-/m1/s1. The maximum Gasteiger partial charge on any atom is 0.269 e. The summed E-state index contributed by atoms with van der Waals surface area (Å²) in [5, 5.41) is 0. The van der Waals surface area contributed by atoms with Crippen LogP contribution >= 0.6 is 0 Å². The van der Waals surface area contributed by atoms with Gasteiger partial charge in [0.05, 0.1) is 6.42 Å². The van der Waals surface area contributed by atoms with Crippen molar-refractivity contribution in [3.05, 3.63) is 42.3 Å². The highest BCUT2D eigenvalue weighted by atomic mass is 16.2. The van der Waals surface area contributed by atoms with Crippen LogP contribution in [0.5, 0.6) is 0 Å². The zero-order chi connectivity index (χ0) is 14.3. The second-order valence-electron chi connectivity index (χ2n) is 4.12. The number of hydrogen-bond acceptors (Lipinski definition) is 3. The van der Waals surface area contributed by atoms with Gasteiger partial charge in [0.25, 0.3) is 5.91 Å². The summed E-state index contributed by atoms with van der Waals surface area (Å²) in [7, 11) is 0. The molecule has 0 saturated heterocycles. The molecule has 6 nitrogen and oxygen atoms in total. The van der Waals surface area contributed by atoms with Gasteiger partial charge in [-0.25, -0.2) is 0 Å². The highest BCUT2D eigenvalue weighted by Gasteiger charge is 2.13. The van der Waals surface area contributed by atoms with Crippen molar-refractivity contribution in [2.75, 3.05) is 0 Å². The van der Waals surface area contributed by atoms with Gasteiger partial charge in [0.15, 0.2) is 0 Å². The molecule has 1 aromatic carbocycles. The molecule has 0 aromatic heterocycles. The van der Waals surface area contributed by atoms with E-state index in [4.69, 9.17) is 5.73 Å². The lowest BCUT2D eigenvalue weighted by Crippen LogP contribution is -2.42. The Labute approximate surface area is 111 Å². The van der Waals surface area contributed by atoms with Crippen molar-refractivity contribution in [3.8, 4) is 0 Å². The Kier molecular flexibility index (Phi) is 5.53. The number of carbonyl (C=O) groups excluding carboxylic acids is 3. The highest BCUT2D eigenvalue weighted by molar-refractivity contribution is 5.96. The lowest BCUT2D eigenvalue weighted by atomic mass is 10.0. The van der Waals surface area contributed by atoms with E-state index in [0.717, 1.165) is 0 Å². The SMILES string of the molecule is C[C@@H]([CH]C(=O)NNC(=O)c1ccccc1)CC(N)=O. The van der Waals surface area contributed by atoms with Crippen molar-refractivity contribution in [3.63, 3.8) is 0 Å². The number of hydrazine groups is 1. The number of nitrogens with two attached hydrogens (primary N) is 1. The van der Waals surface area contributed by atoms with Gasteiger partial charge in [0, 0.05) is 12.0 Å². The molecule has 0 bridgehead atoms. The fourth-order valence-electron chi connectivity index (χ4n) is 1.46. The fourth-order valence-corrected chi connectivity index (χ4v) is 1.46. The van der Waals surface area contributed by atoms with Gasteiger partial charge in [-0.15, -0.1) is 0 Å². The molecule has 0 aliphatic rings. The van der Waals surface area contributed by atoms with Crippen LogP contribution in [-0.4, -0.2) is 17.7 Å². The summed E-state index contributed by atoms with van der Waals surface area (Å²) in [5.74, 6) is -1.67. The molecule has 4 N–H and O–H groups in total. The van der Waals surface area contributed by atoms with Crippen molar-refractivity contribution in [2.45, 2.75) is 13.3 Å². The van der Waals surface area contributed by atoms with Gasteiger partial charge >= 0.3 is 0 Å². The predicted molar refractivity (Wildman–Crippen MR) is 69.3 cm³/mol. The number of nitrogens with one attached hydrogen (secondary N) is 2. The number of hydrogen-bond donors (Lipinski definition) is 3. The Morgan fingerprint density at radius 3 is 2.42 bits per heavy atom. The van der Waals surface area contributed by atoms with E-state index in [1.807, 2.05) is 0 Å². The summed E-state index contributed by atoms with van der Waals surface area (Å²) in [6.45, 7) is 1.68. The maximum absolute atomic E-state index is 11.6. The van der Waals surface area contributed by atoms with Gasteiger partial charge in [0.1, 0.15) is 0 Å². The molecule has 0 aliphatic carbocycles. The predicted octanol–water partition coefficient (Wildman–Crippen LogP) is 0.163. The minimum Gasteiger partial charge on any atom is -0.370 e. The topological polar surface area (TPSA) is 101 Å². The summed E-state index contributed by atoms with van der Waals surface area (Å²) in [6, 6.07) is 8.48. The van der Waals surface area contributed by atoms with Gasteiger partial charge in [-0.05, 0) is 18.1 Å². The Balaban J connectivity index is 2.34. The molecule has 0 unspecified atom stereocenters. The number of amides is 3. The van der Waals surface area contributed by atoms with Crippen LogP contribution in [0, 0.1) is 12.3 Å². The first-order chi connectivity index (χ1) is 8.99. The molecule has 0 heterocycles. The van der Waals surface area contributed by atoms with E-state index in [9.17, 15) is 14.4 Å². The summed E-state index contributed by atoms with van der Waals surface area (Å²) >= 11 is 0. The van der Waals surface area contributed by atoms with E-state index in [-0.39, 0.29) is 12.3 Å². The van der Waals surface area contributed by atoms with Crippen LogP contribution in [0.2, 0.25) is 0 Å². The molecule has 6 heteroatoms. The lowest BCUT2D eigenvalue weighted by Gasteiger charge is -2.10. The van der Waals surface area contributed by atoms with Gasteiger partial charge < -0.3 is 5.73 Å². The van der Waals surface area contributed by atoms with Crippen molar-refractivity contribution in [2.24, 2.45) is 11.7 Å². The van der Waals surface area contributed by atoms with Crippen LogP contribution in [0.1, 0.15) is 23.7 Å². The zero-order valence-electron chi connectivity index (χ0n) is 10.6. The average Bonchev–Trinajstić information content (AvgIpc) is 2.36. The maximum atomic E-state index is 11.6. The van der Waals surface area contributed by atoms with Crippen molar-refractivity contribution in [1.82, 2.24) is 10.9 Å². The summed E-state index contributed by atoms with van der Waals surface area (Å²) < 4.78 is 0. The van der Waals surface area contributed by atoms with E-state index in [2.05, 4.69) is 10.9 Å². The number of carbonyl (C=O) groups is 3. The van der Waals surface area contributed by atoms with E-state index in [1.54, 1.807) is 37.3 Å². The van der Waals surface area contributed by atoms with Crippen LogP contribution in [0.25, 0.3) is 0 Å². The number of benzene rings is 1. The first-order valence-corrected chi connectivity index (χ1v) is 5.77. The van der Waals surface area contributed by atoms with Gasteiger partial charge in [-0.2, -0.15) is 0 Å². The summed E-state index contributed by atoms with van der Waals surface area (Å²) in [4.78, 5) is 33.7. The molecule has 1 radical (unpaired) electrons. The Bertz CT molecular complexity index is 459. The number of primary amides is 1. The largest absolute Gasteiger partial charge is 0.370 e. The molecule has 101 valence electrons. The fraction of sp³-hybridized carbons (Fsp3) is 0.231. The van der Waals surface area contributed by atoms with Crippen LogP contribution in [0.4, 0.5) is 0 Å². The van der Waals surface area contributed by atoms with Gasteiger partial charge in [-0.1, -0.05) is 25.1 Å². The Hall–Kier alpha value is -2.37. The molecular formula is C13H16N3O3. The number of rotatable bonds is 5. The summed E-state index contributed by atoms with van der Waals surface area (Å²) in [6.07, 6.45) is 1.37. The van der Waals surface area contributed by atoms with E-state index >= 15 is 0 Å². The van der Waals surface area contributed by atoms with Crippen molar-refractivity contribution in [1.29, 1.82) is 0 Å². The second kappa shape index (κ2) is 7.15. The van der Waals surface area contributed by atoms with Crippen LogP contribution < -0.4 is 16.6 Å². The molecule has 1 atom stereocenters. The Morgan fingerprint density at radius 1 is 1.21 bits per heavy atom. The third-order valence-electron chi connectivity index (χ3n) is 2.29. The first-order valence-electron chi connectivity index (χ1n) is 5.77. The molecule has 1 rings (SSSR count). The van der Waals surface area contributed by atoms with E-state index in [0.29, 0.717) is 5.56 Å². The molecule has 0 aliphatic heterocycles. The van der Waals surface area contributed by atoms with E-state index < -0.39 is 17.7 Å². The third-order valence-corrected chi connectivity index (χ3v) is 2.29. The summed E-state index contributed by atoms with van der Waals surface area (Å²) in [5.41, 5.74) is 9.96.